The van der Waals surface area contributed by atoms with Crippen molar-refractivity contribution in [1.82, 2.24) is 0 Å². The zero-order chi connectivity index (χ0) is 8.10. The first-order chi connectivity index (χ1) is 5.33. The average molecular weight is 212 g/mol. The summed E-state index contributed by atoms with van der Waals surface area (Å²) in [5, 5.41) is 0. The van der Waals surface area contributed by atoms with Gasteiger partial charge in [0, 0.05) is 10.9 Å². The largest absolute Gasteiger partial charge is 0.291 e. The van der Waals surface area contributed by atoms with Crippen molar-refractivity contribution in [2.45, 2.75) is 12.8 Å². The number of rotatable bonds is 3. The summed E-state index contributed by atoms with van der Waals surface area (Å²) < 4.78 is 1.07. The van der Waals surface area contributed by atoms with Gasteiger partial charge in [-0.25, -0.2) is 0 Å². The fraction of sp³-hybridized carbons (Fsp3) is 0.222. The predicted molar refractivity (Wildman–Crippen MR) is 48.2 cm³/mol. The Hall–Kier alpha value is -0.630. The van der Waals surface area contributed by atoms with Crippen molar-refractivity contribution in [2.24, 2.45) is 0 Å². The average Bonchev–Trinajstić information content (AvgIpc) is 2.04. The van der Waals surface area contributed by atoms with Gasteiger partial charge in [-0.2, -0.15) is 0 Å². The van der Waals surface area contributed by atoms with Crippen LogP contribution >= 0.6 is 15.9 Å². The van der Waals surface area contributed by atoms with Crippen LogP contribution in [0.25, 0.3) is 0 Å². The van der Waals surface area contributed by atoms with E-state index in [0.29, 0.717) is 6.42 Å². The van der Waals surface area contributed by atoms with Gasteiger partial charge in [0.05, 0.1) is 0 Å². The van der Waals surface area contributed by atoms with Crippen molar-refractivity contribution in [3.63, 3.8) is 0 Å². The number of aryl methyl sites for hydroxylation is 1. The molecule has 1 aromatic carbocycles. The summed E-state index contributed by atoms with van der Waals surface area (Å²) in [5.74, 6) is 0. The molecule has 0 spiro atoms. The maximum atomic E-state index is 9.91. The summed E-state index contributed by atoms with van der Waals surface area (Å²) >= 11 is 3.34. The van der Waals surface area contributed by atoms with Gasteiger partial charge in [-0.1, -0.05) is 28.1 Å². The molecule has 0 amide bonds. The number of hydrogen-bond donors (Lipinski definition) is 0. The van der Waals surface area contributed by atoms with Crippen LogP contribution in [0, 0.1) is 0 Å². The Kier molecular flexibility index (Phi) is 3.30. The molecule has 0 saturated heterocycles. The van der Waals surface area contributed by atoms with Crippen LogP contribution in [0.1, 0.15) is 12.0 Å². The number of halogens is 1. The van der Waals surface area contributed by atoms with Crippen LogP contribution in [0.3, 0.4) is 0 Å². The zero-order valence-corrected chi connectivity index (χ0v) is 7.60. The fourth-order valence-electron chi connectivity index (χ4n) is 0.846. The van der Waals surface area contributed by atoms with Crippen molar-refractivity contribution in [3.05, 3.63) is 34.3 Å². The monoisotopic (exact) mass is 211 g/mol. The molecule has 0 aliphatic heterocycles. The highest BCUT2D eigenvalue weighted by Gasteiger charge is 1.91. The molecule has 0 fully saturated rings. The van der Waals surface area contributed by atoms with Gasteiger partial charge in [-0.15, -0.1) is 0 Å². The van der Waals surface area contributed by atoms with Crippen LogP contribution in [-0.2, 0) is 11.2 Å². The van der Waals surface area contributed by atoms with Gasteiger partial charge in [-0.05, 0) is 24.1 Å². The minimum Gasteiger partial charge on any atom is -0.291 e. The quantitative estimate of drug-likeness (QED) is 0.752. The van der Waals surface area contributed by atoms with E-state index in [0.717, 1.165) is 10.9 Å². The van der Waals surface area contributed by atoms with E-state index in [1.807, 2.05) is 30.6 Å². The van der Waals surface area contributed by atoms with E-state index in [9.17, 15) is 4.79 Å². The van der Waals surface area contributed by atoms with Crippen molar-refractivity contribution < 1.29 is 4.79 Å². The molecule has 1 rings (SSSR count). The smallest absolute Gasteiger partial charge is 0.198 e. The maximum Gasteiger partial charge on any atom is 0.198 e. The van der Waals surface area contributed by atoms with E-state index in [2.05, 4.69) is 15.9 Å². The fourth-order valence-corrected chi connectivity index (χ4v) is 1.11. The second-order valence-electron chi connectivity index (χ2n) is 2.27. The standard InChI is InChI=1S/C9H8BrO/c10-9-5-3-8(4-6-9)2-1-7-11/h3-6H,1-2H2. The Labute approximate surface area is 74.6 Å². The molecule has 11 heavy (non-hydrogen) atoms. The molecule has 0 aliphatic rings. The Morgan fingerprint density at radius 2 is 1.91 bits per heavy atom. The third-order valence-corrected chi connectivity index (χ3v) is 1.96. The Bertz CT molecular complexity index is 228. The lowest BCUT2D eigenvalue weighted by atomic mass is 10.1. The molecule has 1 aromatic rings. The number of carbonyl (C=O) groups excluding carboxylic acids is 1. The van der Waals surface area contributed by atoms with Gasteiger partial charge in [0.15, 0.2) is 6.29 Å². The van der Waals surface area contributed by atoms with Crippen LogP contribution in [-0.4, -0.2) is 6.29 Å². The van der Waals surface area contributed by atoms with Gasteiger partial charge in [0.2, 0.25) is 0 Å². The van der Waals surface area contributed by atoms with E-state index in [1.54, 1.807) is 0 Å². The van der Waals surface area contributed by atoms with Crippen LogP contribution in [0.2, 0.25) is 0 Å². The van der Waals surface area contributed by atoms with Gasteiger partial charge >= 0.3 is 0 Å². The molecule has 0 unspecified atom stereocenters. The Morgan fingerprint density at radius 1 is 1.27 bits per heavy atom. The molecule has 1 nitrogen and oxygen atoms in total. The normalized spacial score (nSPS) is 9.55. The van der Waals surface area contributed by atoms with E-state index in [4.69, 9.17) is 0 Å². The molecule has 0 heterocycles. The highest BCUT2D eigenvalue weighted by Crippen LogP contribution is 2.11. The molecular weight excluding hydrogens is 204 g/mol. The molecule has 2 heteroatoms. The molecular formula is C9H8BrO. The molecule has 0 aliphatic carbocycles. The zero-order valence-electron chi connectivity index (χ0n) is 6.01. The van der Waals surface area contributed by atoms with Crippen LogP contribution < -0.4 is 0 Å². The first kappa shape index (κ1) is 8.47. The minimum atomic E-state index is 0.488. The van der Waals surface area contributed by atoms with E-state index in [-0.39, 0.29) is 0 Å². The highest BCUT2D eigenvalue weighted by molar-refractivity contribution is 9.10. The summed E-state index contributed by atoms with van der Waals surface area (Å²) in [5.41, 5.74) is 1.18. The first-order valence-corrected chi connectivity index (χ1v) is 4.21. The minimum absolute atomic E-state index is 0.488. The molecule has 0 atom stereocenters. The van der Waals surface area contributed by atoms with Crippen molar-refractivity contribution in [1.29, 1.82) is 0 Å². The number of hydrogen-bond acceptors (Lipinski definition) is 1. The van der Waals surface area contributed by atoms with Crippen LogP contribution in [0.15, 0.2) is 28.7 Å². The van der Waals surface area contributed by atoms with Gasteiger partial charge in [0.25, 0.3) is 0 Å². The molecule has 0 saturated carbocycles. The van der Waals surface area contributed by atoms with E-state index < -0.39 is 0 Å². The molecule has 0 aromatic heterocycles. The first-order valence-electron chi connectivity index (χ1n) is 3.42. The van der Waals surface area contributed by atoms with Gasteiger partial charge in [-0.3, -0.25) is 4.79 Å². The predicted octanol–water partition coefficient (Wildman–Crippen LogP) is 2.49. The molecule has 57 valence electrons. The second-order valence-corrected chi connectivity index (χ2v) is 3.19. The lowest BCUT2D eigenvalue weighted by Crippen LogP contribution is -1.84. The van der Waals surface area contributed by atoms with Crippen LogP contribution in [0.5, 0.6) is 0 Å². The summed E-state index contributed by atoms with van der Waals surface area (Å²) in [6.07, 6.45) is 3.15. The number of benzene rings is 1. The van der Waals surface area contributed by atoms with Gasteiger partial charge < -0.3 is 0 Å². The summed E-state index contributed by atoms with van der Waals surface area (Å²) in [7, 11) is 0. The highest BCUT2D eigenvalue weighted by atomic mass is 79.9. The lowest BCUT2D eigenvalue weighted by molar-refractivity contribution is 0.551. The van der Waals surface area contributed by atoms with Crippen LogP contribution in [0.4, 0.5) is 0 Å². The van der Waals surface area contributed by atoms with Crippen molar-refractivity contribution in [2.75, 3.05) is 0 Å². The Balaban J connectivity index is 2.58. The Morgan fingerprint density at radius 3 is 2.45 bits per heavy atom. The second kappa shape index (κ2) is 4.29. The molecule has 0 N–H and O–H groups in total. The summed E-state index contributed by atoms with van der Waals surface area (Å²) in [6.45, 7) is 0. The molecule has 1 radical (unpaired) electrons. The summed E-state index contributed by atoms with van der Waals surface area (Å²) in [4.78, 5) is 9.91. The maximum absolute atomic E-state index is 9.91. The molecule has 0 bridgehead atoms. The third kappa shape index (κ3) is 2.85. The van der Waals surface area contributed by atoms with Crippen molar-refractivity contribution in [3.8, 4) is 0 Å². The van der Waals surface area contributed by atoms with E-state index >= 15 is 0 Å². The third-order valence-electron chi connectivity index (χ3n) is 1.43. The topological polar surface area (TPSA) is 17.1 Å². The summed E-state index contributed by atoms with van der Waals surface area (Å²) in [6, 6.07) is 7.95. The van der Waals surface area contributed by atoms with Crippen molar-refractivity contribution >= 4 is 22.2 Å². The van der Waals surface area contributed by atoms with Gasteiger partial charge in [0.1, 0.15) is 0 Å². The van der Waals surface area contributed by atoms with E-state index in [1.165, 1.54) is 5.56 Å². The SMILES string of the molecule is O=[C]CCc1ccc(Br)cc1. The lowest BCUT2D eigenvalue weighted by Gasteiger charge is -1.95.